The van der Waals surface area contributed by atoms with Crippen molar-refractivity contribution in [2.75, 3.05) is 19.6 Å². The number of urea groups is 1. The monoisotopic (exact) mass is 392 g/mol. The van der Waals surface area contributed by atoms with E-state index >= 15 is 0 Å². The van der Waals surface area contributed by atoms with Crippen LogP contribution in [-0.4, -0.2) is 58.9 Å². The van der Waals surface area contributed by atoms with Gasteiger partial charge in [0.25, 0.3) is 5.91 Å². The summed E-state index contributed by atoms with van der Waals surface area (Å²) >= 11 is 0. The number of imide groups is 1. The first kappa shape index (κ1) is 21.1. The first-order valence-electron chi connectivity index (χ1n) is 10.8. The molecule has 2 aliphatic heterocycles. The predicted molar refractivity (Wildman–Crippen MR) is 107 cm³/mol. The molecule has 7 heteroatoms. The van der Waals surface area contributed by atoms with Crippen LogP contribution in [0.25, 0.3) is 0 Å². The largest absolute Gasteiger partial charge is 0.338 e. The summed E-state index contributed by atoms with van der Waals surface area (Å²) in [5.74, 6) is 0.471. The second kappa shape index (κ2) is 7.65. The minimum atomic E-state index is -0.811. The second-order valence-corrected chi connectivity index (χ2v) is 9.75. The maximum Gasteiger partial charge on any atom is 0.325 e. The number of amides is 4. The van der Waals surface area contributed by atoms with Crippen molar-refractivity contribution in [3.63, 3.8) is 0 Å². The van der Waals surface area contributed by atoms with E-state index in [4.69, 9.17) is 5.73 Å². The lowest BCUT2D eigenvalue weighted by Gasteiger charge is -2.42. The maximum atomic E-state index is 13.1. The summed E-state index contributed by atoms with van der Waals surface area (Å²) in [6.45, 7) is 9.75. The van der Waals surface area contributed by atoms with Crippen molar-refractivity contribution in [2.45, 2.75) is 77.8 Å². The topological polar surface area (TPSA) is 95.7 Å². The van der Waals surface area contributed by atoms with E-state index in [9.17, 15) is 14.4 Å². The van der Waals surface area contributed by atoms with Crippen molar-refractivity contribution in [1.82, 2.24) is 15.1 Å². The van der Waals surface area contributed by atoms with Crippen LogP contribution in [0.4, 0.5) is 4.79 Å². The smallest absolute Gasteiger partial charge is 0.325 e. The molecule has 0 aromatic heterocycles. The Labute approximate surface area is 168 Å². The Kier molecular flexibility index (Phi) is 5.76. The molecule has 0 aromatic carbocycles. The molecule has 28 heavy (non-hydrogen) atoms. The molecule has 3 rings (SSSR count). The lowest BCUT2D eigenvalue weighted by atomic mass is 9.65. The Hall–Kier alpha value is -1.63. The molecule has 3 fully saturated rings. The highest BCUT2D eigenvalue weighted by Crippen LogP contribution is 2.45. The van der Waals surface area contributed by atoms with Gasteiger partial charge in [-0.15, -0.1) is 0 Å². The predicted octanol–water partition coefficient (Wildman–Crippen LogP) is 2.10. The number of nitrogens with one attached hydrogen (secondary N) is 1. The van der Waals surface area contributed by atoms with E-state index in [1.165, 1.54) is 0 Å². The number of likely N-dealkylation sites (tertiary alicyclic amines) is 1. The van der Waals surface area contributed by atoms with Crippen molar-refractivity contribution in [3.05, 3.63) is 0 Å². The lowest BCUT2D eigenvalue weighted by Crippen LogP contribution is -2.51. The Balaban J connectivity index is 1.64. The zero-order valence-corrected chi connectivity index (χ0v) is 17.8. The third kappa shape index (κ3) is 3.65. The van der Waals surface area contributed by atoms with Gasteiger partial charge in [0.15, 0.2) is 0 Å². The van der Waals surface area contributed by atoms with Gasteiger partial charge in [0.1, 0.15) is 12.1 Å². The molecule has 2 unspecified atom stereocenters. The van der Waals surface area contributed by atoms with Crippen LogP contribution in [0.2, 0.25) is 0 Å². The van der Waals surface area contributed by atoms with E-state index in [1.807, 2.05) is 6.92 Å². The fraction of sp³-hybridized carbons (Fsp3) is 0.857. The van der Waals surface area contributed by atoms with Gasteiger partial charge in [-0.3, -0.25) is 14.5 Å². The van der Waals surface area contributed by atoms with Crippen LogP contribution in [0, 0.1) is 17.3 Å². The average Bonchev–Trinajstić information content (AvgIpc) is 3.15. The standard InChI is InChI=1S/C21H36N4O3/c1-5-20(3,4)16-6-8-21(9-7-16)18(27)25(19(28)23-21)13-17(26)24-12-15(11-22)10-14(24)2/h14-16H,5-13,22H2,1-4H3,(H,23,28). The third-order valence-corrected chi connectivity index (χ3v) is 7.71. The minimum Gasteiger partial charge on any atom is -0.338 e. The molecule has 0 radical (unpaired) electrons. The van der Waals surface area contributed by atoms with E-state index < -0.39 is 11.6 Å². The first-order valence-corrected chi connectivity index (χ1v) is 10.8. The number of nitrogens with zero attached hydrogens (tertiary/aromatic N) is 2. The van der Waals surface area contributed by atoms with E-state index in [-0.39, 0.29) is 29.8 Å². The Bertz CT molecular complexity index is 640. The van der Waals surface area contributed by atoms with Crippen molar-refractivity contribution in [2.24, 2.45) is 23.0 Å². The second-order valence-electron chi connectivity index (χ2n) is 9.75. The van der Waals surface area contributed by atoms with Crippen LogP contribution >= 0.6 is 0 Å². The molecule has 2 atom stereocenters. The molecule has 2 heterocycles. The van der Waals surface area contributed by atoms with E-state index in [2.05, 4.69) is 26.1 Å². The number of hydrogen-bond donors (Lipinski definition) is 2. The minimum absolute atomic E-state index is 0.0995. The van der Waals surface area contributed by atoms with Crippen molar-refractivity contribution in [3.8, 4) is 0 Å². The third-order valence-electron chi connectivity index (χ3n) is 7.71. The molecule has 2 saturated heterocycles. The van der Waals surface area contributed by atoms with Gasteiger partial charge in [-0.2, -0.15) is 0 Å². The lowest BCUT2D eigenvalue weighted by molar-refractivity contribution is -0.140. The van der Waals surface area contributed by atoms with Gasteiger partial charge < -0.3 is 16.0 Å². The van der Waals surface area contributed by atoms with Crippen LogP contribution in [0.5, 0.6) is 0 Å². The van der Waals surface area contributed by atoms with Crippen LogP contribution in [0.15, 0.2) is 0 Å². The molecule has 0 aromatic rings. The summed E-state index contributed by atoms with van der Waals surface area (Å²) in [7, 11) is 0. The van der Waals surface area contributed by atoms with Crippen molar-refractivity contribution >= 4 is 17.8 Å². The van der Waals surface area contributed by atoms with Gasteiger partial charge in [-0.25, -0.2) is 4.79 Å². The Morgan fingerprint density at radius 1 is 1.29 bits per heavy atom. The molecule has 4 amide bonds. The molecule has 158 valence electrons. The quantitative estimate of drug-likeness (QED) is 0.701. The zero-order valence-electron chi connectivity index (χ0n) is 17.8. The van der Waals surface area contributed by atoms with E-state index in [0.717, 1.165) is 30.6 Å². The molecule has 1 spiro atoms. The molecule has 7 nitrogen and oxygen atoms in total. The summed E-state index contributed by atoms with van der Waals surface area (Å²) in [5, 5.41) is 2.93. The van der Waals surface area contributed by atoms with Gasteiger partial charge in [0.05, 0.1) is 0 Å². The molecule has 1 saturated carbocycles. The summed E-state index contributed by atoms with van der Waals surface area (Å²) in [6, 6.07) is -0.323. The highest BCUT2D eigenvalue weighted by molar-refractivity contribution is 6.09. The summed E-state index contributed by atoms with van der Waals surface area (Å²) in [6.07, 6.45) is 5.15. The van der Waals surface area contributed by atoms with Gasteiger partial charge in [-0.1, -0.05) is 27.2 Å². The highest BCUT2D eigenvalue weighted by atomic mass is 16.2. The van der Waals surface area contributed by atoms with Crippen LogP contribution in [0.1, 0.15) is 66.2 Å². The number of carbonyl (C=O) groups is 3. The Morgan fingerprint density at radius 2 is 1.93 bits per heavy atom. The maximum absolute atomic E-state index is 13.1. The van der Waals surface area contributed by atoms with Gasteiger partial charge in [0, 0.05) is 12.6 Å². The SMILES string of the molecule is CCC(C)(C)C1CCC2(CC1)NC(=O)N(CC(=O)N1CC(CN)CC1C)C2=O. The summed E-state index contributed by atoms with van der Waals surface area (Å²) in [4.78, 5) is 41.3. The van der Waals surface area contributed by atoms with Gasteiger partial charge in [0.2, 0.25) is 5.91 Å². The van der Waals surface area contributed by atoms with Gasteiger partial charge in [-0.05, 0) is 62.8 Å². The number of hydrogen-bond acceptors (Lipinski definition) is 4. The molecule has 3 N–H and O–H groups in total. The van der Waals surface area contributed by atoms with Crippen molar-refractivity contribution in [1.29, 1.82) is 0 Å². The molecular formula is C21H36N4O3. The van der Waals surface area contributed by atoms with E-state index in [1.54, 1.807) is 4.90 Å². The summed E-state index contributed by atoms with van der Waals surface area (Å²) in [5.41, 5.74) is 5.18. The fourth-order valence-electron chi connectivity index (χ4n) is 5.23. The first-order chi connectivity index (χ1) is 13.1. The molecule has 0 bridgehead atoms. The zero-order chi connectivity index (χ0) is 20.7. The fourth-order valence-corrected chi connectivity index (χ4v) is 5.23. The van der Waals surface area contributed by atoms with Crippen LogP contribution in [0.3, 0.4) is 0 Å². The summed E-state index contributed by atoms with van der Waals surface area (Å²) < 4.78 is 0. The average molecular weight is 393 g/mol. The number of carbonyl (C=O) groups excluding carboxylic acids is 3. The Morgan fingerprint density at radius 3 is 2.46 bits per heavy atom. The van der Waals surface area contributed by atoms with Gasteiger partial charge >= 0.3 is 6.03 Å². The number of nitrogens with two attached hydrogens (primary N) is 1. The van der Waals surface area contributed by atoms with Crippen molar-refractivity contribution < 1.29 is 14.4 Å². The molecular weight excluding hydrogens is 356 g/mol. The molecule has 1 aliphatic carbocycles. The normalized spacial score (nSPS) is 33.7. The van der Waals surface area contributed by atoms with E-state index in [0.29, 0.717) is 37.8 Å². The number of rotatable bonds is 5. The van der Waals surface area contributed by atoms with Crippen LogP contribution in [-0.2, 0) is 9.59 Å². The van der Waals surface area contributed by atoms with Crippen LogP contribution < -0.4 is 11.1 Å². The highest BCUT2D eigenvalue weighted by Gasteiger charge is 2.54. The molecule has 3 aliphatic rings.